The van der Waals surface area contributed by atoms with Crippen molar-refractivity contribution in [3.63, 3.8) is 0 Å². The highest BCUT2D eigenvalue weighted by Crippen LogP contribution is 2.18. The van der Waals surface area contributed by atoms with Gasteiger partial charge in [-0.15, -0.1) is 0 Å². The number of amides is 1. The van der Waals surface area contributed by atoms with Crippen LogP contribution in [-0.4, -0.2) is 62.6 Å². The van der Waals surface area contributed by atoms with E-state index in [1.54, 1.807) is 0 Å². The van der Waals surface area contributed by atoms with Gasteiger partial charge in [0.1, 0.15) is 5.75 Å². The predicted molar refractivity (Wildman–Crippen MR) is 118 cm³/mol. The Bertz CT molecular complexity index is 792. The minimum Gasteiger partial charge on any atom is -0.493 e. The maximum Gasteiger partial charge on any atom is 0.246 e. The standard InChI is InChI=1S/C24H31N3O2/c1-4-24(28)27-16-14-26(15-17-27)19-21-7-5-20(6-8-21)13-18-29-23-11-9-22(10-12-23)25(2)3/h4-12H,1,13-19H2,2-3H3. The minimum atomic E-state index is 0.0323. The van der Waals surface area contributed by atoms with Crippen molar-refractivity contribution in [2.45, 2.75) is 13.0 Å². The van der Waals surface area contributed by atoms with Crippen LogP contribution in [0, 0.1) is 0 Å². The summed E-state index contributed by atoms with van der Waals surface area (Å²) in [7, 11) is 4.06. The van der Waals surface area contributed by atoms with Crippen LogP contribution >= 0.6 is 0 Å². The van der Waals surface area contributed by atoms with Crippen molar-refractivity contribution in [3.8, 4) is 5.75 Å². The third kappa shape index (κ3) is 6.09. The maximum atomic E-state index is 11.7. The van der Waals surface area contributed by atoms with Gasteiger partial charge < -0.3 is 14.5 Å². The molecule has 0 radical (unpaired) electrons. The van der Waals surface area contributed by atoms with Gasteiger partial charge >= 0.3 is 0 Å². The third-order valence-electron chi connectivity index (χ3n) is 5.30. The van der Waals surface area contributed by atoms with Crippen LogP contribution in [-0.2, 0) is 17.8 Å². The fourth-order valence-corrected chi connectivity index (χ4v) is 3.45. The molecule has 0 unspecified atom stereocenters. The van der Waals surface area contributed by atoms with Gasteiger partial charge in [0, 0.05) is 58.9 Å². The van der Waals surface area contributed by atoms with E-state index in [9.17, 15) is 4.79 Å². The second kappa shape index (κ2) is 10.1. The number of rotatable bonds is 8. The highest BCUT2D eigenvalue weighted by molar-refractivity contribution is 5.87. The molecule has 0 bridgehead atoms. The van der Waals surface area contributed by atoms with Gasteiger partial charge in [-0.2, -0.15) is 0 Å². The summed E-state index contributed by atoms with van der Waals surface area (Å²) < 4.78 is 5.87. The van der Waals surface area contributed by atoms with Crippen LogP contribution in [0.2, 0.25) is 0 Å². The molecule has 2 aromatic rings. The molecule has 1 amide bonds. The fourth-order valence-electron chi connectivity index (χ4n) is 3.45. The van der Waals surface area contributed by atoms with E-state index in [2.05, 4.69) is 52.8 Å². The summed E-state index contributed by atoms with van der Waals surface area (Å²) in [4.78, 5) is 18.0. The summed E-state index contributed by atoms with van der Waals surface area (Å²) in [6.07, 6.45) is 2.29. The zero-order chi connectivity index (χ0) is 20.6. The first-order valence-electron chi connectivity index (χ1n) is 10.2. The summed E-state index contributed by atoms with van der Waals surface area (Å²) in [5.74, 6) is 0.936. The van der Waals surface area contributed by atoms with E-state index in [4.69, 9.17) is 4.74 Å². The molecule has 154 valence electrons. The number of piperazine rings is 1. The molecular formula is C24H31N3O2. The molecule has 5 nitrogen and oxygen atoms in total. The summed E-state index contributed by atoms with van der Waals surface area (Å²) >= 11 is 0. The molecule has 3 rings (SSSR count). The van der Waals surface area contributed by atoms with E-state index < -0.39 is 0 Å². The molecule has 5 heteroatoms. The molecule has 29 heavy (non-hydrogen) atoms. The number of carbonyl (C=O) groups is 1. The first-order chi connectivity index (χ1) is 14.0. The van der Waals surface area contributed by atoms with Gasteiger partial charge in [-0.3, -0.25) is 9.69 Å². The first-order valence-corrected chi connectivity index (χ1v) is 10.2. The van der Waals surface area contributed by atoms with Crippen molar-refractivity contribution in [1.82, 2.24) is 9.80 Å². The second-order valence-corrected chi connectivity index (χ2v) is 7.61. The summed E-state index contributed by atoms with van der Waals surface area (Å²) in [6.45, 7) is 8.51. The Kier molecular flexibility index (Phi) is 7.30. The van der Waals surface area contributed by atoms with Crippen molar-refractivity contribution in [2.24, 2.45) is 0 Å². The molecule has 1 aliphatic heterocycles. The van der Waals surface area contributed by atoms with Gasteiger partial charge in [0.25, 0.3) is 0 Å². The van der Waals surface area contributed by atoms with Gasteiger partial charge in [-0.05, 0) is 41.5 Å². The Hall–Kier alpha value is -2.79. The van der Waals surface area contributed by atoms with E-state index >= 15 is 0 Å². The van der Waals surface area contributed by atoms with Crippen molar-refractivity contribution in [1.29, 1.82) is 0 Å². The maximum absolute atomic E-state index is 11.7. The Morgan fingerprint density at radius 1 is 1.00 bits per heavy atom. The normalized spacial score (nSPS) is 14.5. The van der Waals surface area contributed by atoms with E-state index in [1.165, 1.54) is 22.9 Å². The molecule has 0 spiro atoms. The van der Waals surface area contributed by atoms with Gasteiger partial charge in [-0.25, -0.2) is 0 Å². The Morgan fingerprint density at radius 3 is 2.21 bits per heavy atom. The van der Waals surface area contributed by atoms with Gasteiger partial charge in [-0.1, -0.05) is 30.8 Å². The molecule has 1 aliphatic rings. The smallest absolute Gasteiger partial charge is 0.246 e. The van der Waals surface area contributed by atoms with Gasteiger partial charge in [0.2, 0.25) is 5.91 Å². The fraction of sp³-hybridized carbons (Fsp3) is 0.375. The van der Waals surface area contributed by atoms with Crippen LogP contribution in [0.15, 0.2) is 61.2 Å². The molecule has 1 saturated heterocycles. The Balaban J connectivity index is 1.41. The molecule has 0 saturated carbocycles. The average molecular weight is 394 g/mol. The molecule has 0 aromatic heterocycles. The lowest BCUT2D eigenvalue weighted by molar-refractivity contribution is -0.127. The summed E-state index contributed by atoms with van der Waals surface area (Å²) in [5.41, 5.74) is 3.75. The largest absolute Gasteiger partial charge is 0.493 e. The lowest BCUT2D eigenvalue weighted by Crippen LogP contribution is -2.47. The number of hydrogen-bond donors (Lipinski definition) is 0. The second-order valence-electron chi connectivity index (χ2n) is 7.61. The molecule has 1 fully saturated rings. The lowest BCUT2D eigenvalue weighted by Gasteiger charge is -2.34. The highest BCUT2D eigenvalue weighted by Gasteiger charge is 2.19. The zero-order valence-corrected chi connectivity index (χ0v) is 17.5. The predicted octanol–water partition coefficient (Wildman–Crippen LogP) is 3.20. The van der Waals surface area contributed by atoms with Crippen LogP contribution in [0.4, 0.5) is 5.69 Å². The number of hydrogen-bond acceptors (Lipinski definition) is 4. The number of benzene rings is 2. The number of ether oxygens (including phenoxy) is 1. The van der Waals surface area contributed by atoms with Gasteiger partial charge in [0.05, 0.1) is 6.61 Å². The van der Waals surface area contributed by atoms with Crippen molar-refractivity contribution < 1.29 is 9.53 Å². The summed E-state index contributed by atoms with van der Waals surface area (Å²) in [6, 6.07) is 16.9. The van der Waals surface area contributed by atoms with Crippen molar-refractivity contribution in [3.05, 3.63) is 72.3 Å². The number of carbonyl (C=O) groups excluding carboxylic acids is 1. The molecule has 0 N–H and O–H groups in total. The molecular weight excluding hydrogens is 362 g/mol. The van der Waals surface area contributed by atoms with E-state index in [0.29, 0.717) is 6.61 Å². The van der Waals surface area contributed by atoms with Gasteiger partial charge in [0.15, 0.2) is 0 Å². The molecule has 0 atom stereocenters. The average Bonchev–Trinajstić information content (AvgIpc) is 2.75. The van der Waals surface area contributed by atoms with E-state index in [-0.39, 0.29) is 5.91 Å². The molecule has 0 aliphatic carbocycles. The van der Waals surface area contributed by atoms with E-state index in [1.807, 2.05) is 31.1 Å². The minimum absolute atomic E-state index is 0.0323. The Morgan fingerprint density at radius 2 is 1.62 bits per heavy atom. The molecule has 1 heterocycles. The Labute approximate surface area is 174 Å². The van der Waals surface area contributed by atoms with Crippen LogP contribution in [0.25, 0.3) is 0 Å². The monoisotopic (exact) mass is 393 g/mol. The zero-order valence-electron chi connectivity index (χ0n) is 17.5. The van der Waals surface area contributed by atoms with Crippen LogP contribution in [0.5, 0.6) is 5.75 Å². The lowest BCUT2D eigenvalue weighted by atomic mass is 10.1. The first kappa shape index (κ1) is 20.9. The van der Waals surface area contributed by atoms with Crippen LogP contribution in [0.3, 0.4) is 0 Å². The SMILES string of the molecule is C=CC(=O)N1CCN(Cc2ccc(CCOc3ccc(N(C)C)cc3)cc2)CC1. The topological polar surface area (TPSA) is 36.0 Å². The van der Waals surface area contributed by atoms with Crippen LogP contribution in [0.1, 0.15) is 11.1 Å². The quantitative estimate of drug-likeness (QED) is 0.646. The number of nitrogens with zero attached hydrogens (tertiary/aromatic N) is 3. The van der Waals surface area contributed by atoms with Crippen molar-refractivity contribution in [2.75, 3.05) is 51.8 Å². The highest BCUT2D eigenvalue weighted by atomic mass is 16.5. The van der Waals surface area contributed by atoms with Crippen LogP contribution < -0.4 is 9.64 Å². The number of anilines is 1. The van der Waals surface area contributed by atoms with E-state index in [0.717, 1.165) is 44.9 Å². The van der Waals surface area contributed by atoms with Crippen molar-refractivity contribution >= 4 is 11.6 Å². The third-order valence-corrected chi connectivity index (χ3v) is 5.30. The summed E-state index contributed by atoms with van der Waals surface area (Å²) in [5, 5.41) is 0. The molecule has 2 aromatic carbocycles.